The predicted molar refractivity (Wildman–Crippen MR) is 55.8 cm³/mol. The summed E-state index contributed by atoms with van der Waals surface area (Å²) < 4.78 is 0. The zero-order valence-corrected chi connectivity index (χ0v) is 8.84. The summed E-state index contributed by atoms with van der Waals surface area (Å²) in [5.41, 5.74) is 0. The van der Waals surface area contributed by atoms with E-state index < -0.39 is 0 Å². The van der Waals surface area contributed by atoms with Crippen molar-refractivity contribution in [3.63, 3.8) is 0 Å². The third kappa shape index (κ3) is 2.68. The lowest BCUT2D eigenvalue weighted by Gasteiger charge is -2.32. The zero-order chi connectivity index (χ0) is 9.26. The molecule has 1 saturated carbocycles. The van der Waals surface area contributed by atoms with E-state index in [4.69, 9.17) is 0 Å². The Morgan fingerprint density at radius 3 is 2.38 bits per heavy atom. The van der Waals surface area contributed by atoms with E-state index in [1.54, 1.807) is 0 Å². The van der Waals surface area contributed by atoms with Gasteiger partial charge in [-0.1, -0.05) is 13.8 Å². The summed E-state index contributed by atoms with van der Waals surface area (Å²) in [6, 6.07) is 1.50. The fourth-order valence-corrected chi connectivity index (χ4v) is 2.30. The molecule has 0 aromatic carbocycles. The van der Waals surface area contributed by atoms with Crippen molar-refractivity contribution in [1.29, 1.82) is 0 Å². The number of piperazine rings is 1. The van der Waals surface area contributed by atoms with Crippen LogP contribution in [0.1, 0.15) is 33.1 Å². The molecule has 2 fully saturated rings. The molecule has 1 heterocycles. The minimum Gasteiger partial charge on any atom is -0.311 e. The average molecular weight is 182 g/mol. The van der Waals surface area contributed by atoms with Gasteiger partial charge in [-0.05, 0) is 31.1 Å². The van der Waals surface area contributed by atoms with Crippen molar-refractivity contribution >= 4 is 0 Å². The molecule has 2 aliphatic rings. The van der Waals surface area contributed by atoms with E-state index >= 15 is 0 Å². The first-order chi connectivity index (χ1) is 6.25. The Kier molecular flexibility index (Phi) is 2.89. The fraction of sp³-hybridized carbons (Fsp3) is 1.00. The molecule has 1 aliphatic carbocycles. The zero-order valence-electron chi connectivity index (χ0n) is 8.84. The van der Waals surface area contributed by atoms with Gasteiger partial charge in [0.2, 0.25) is 0 Å². The van der Waals surface area contributed by atoms with Gasteiger partial charge in [0.1, 0.15) is 0 Å². The fourth-order valence-electron chi connectivity index (χ4n) is 2.30. The summed E-state index contributed by atoms with van der Waals surface area (Å²) in [6.45, 7) is 6.98. The molecule has 0 aromatic heterocycles. The Balaban J connectivity index is 1.69. The van der Waals surface area contributed by atoms with Gasteiger partial charge in [-0.2, -0.15) is 0 Å². The van der Waals surface area contributed by atoms with Gasteiger partial charge in [0, 0.05) is 25.2 Å². The summed E-state index contributed by atoms with van der Waals surface area (Å²) in [5.74, 6) is 1.81. The van der Waals surface area contributed by atoms with Crippen LogP contribution in [0.3, 0.4) is 0 Å². The number of hydrogen-bond acceptors (Lipinski definition) is 2. The second kappa shape index (κ2) is 3.97. The molecule has 76 valence electrons. The van der Waals surface area contributed by atoms with Crippen LogP contribution < -0.4 is 10.6 Å². The molecule has 2 atom stereocenters. The Hall–Kier alpha value is -0.0800. The summed E-state index contributed by atoms with van der Waals surface area (Å²) in [6.07, 6.45) is 4.22. The van der Waals surface area contributed by atoms with Crippen molar-refractivity contribution in [2.45, 2.75) is 45.2 Å². The molecule has 2 N–H and O–H groups in total. The van der Waals surface area contributed by atoms with Crippen molar-refractivity contribution in [3.05, 3.63) is 0 Å². The highest BCUT2D eigenvalue weighted by Gasteiger charge is 2.33. The first kappa shape index (κ1) is 9.47. The summed E-state index contributed by atoms with van der Waals surface area (Å²) in [5, 5.41) is 7.33. The van der Waals surface area contributed by atoms with Gasteiger partial charge in [0.15, 0.2) is 0 Å². The summed E-state index contributed by atoms with van der Waals surface area (Å²) in [4.78, 5) is 0. The van der Waals surface area contributed by atoms with Crippen LogP contribution in [0, 0.1) is 11.8 Å². The van der Waals surface area contributed by atoms with E-state index in [1.165, 1.54) is 32.4 Å². The quantitative estimate of drug-likeness (QED) is 0.689. The van der Waals surface area contributed by atoms with Gasteiger partial charge in [0.05, 0.1) is 0 Å². The van der Waals surface area contributed by atoms with Crippen molar-refractivity contribution in [1.82, 2.24) is 10.6 Å². The Bertz CT molecular complexity index is 155. The molecule has 2 rings (SSSR count). The molecule has 2 heteroatoms. The van der Waals surface area contributed by atoms with Gasteiger partial charge in [0.25, 0.3) is 0 Å². The number of rotatable bonds is 3. The first-order valence-corrected chi connectivity index (χ1v) is 5.72. The third-order valence-corrected chi connectivity index (χ3v) is 3.20. The van der Waals surface area contributed by atoms with E-state index in [-0.39, 0.29) is 0 Å². The van der Waals surface area contributed by atoms with Gasteiger partial charge in [-0.15, -0.1) is 0 Å². The van der Waals surface area contributed by atoms with Gasteiger partial charge < -0.3 is 10.6 Å². The molecule has 0 radical (unpaired) electrons. The summed E-state index contributed by atoms with van der Waals surface area (Å²) >= 11 is 0. The van der Waals surface area contributed by atoms with E-state index in [0.29, 0.717) is 0 Å². The molecular formula is C11H22N2. The highest BCUT2D eigenvalue weighted by molar-refractivity contribution is 4.92. The van der Waals surface area contributed by atoms with Crippen molar-refractivity contribution < 1.29 is 0 Å². The van der Waals surface area contributed by atoms with E-state index in [1.807, 2.05) is 0 Å². The van der Waals surface area contributed by atoms with Gasteiger partial charge in [-0.3, -0.25) is 0 Å². The standard InChI is InChI=1S/C11H22N2/c1-8(2)5-10-6-13-11(7-12-10)9-3-4-9/h8-13H,3-7H2,1-2H3. The maximum atomic E-state index is 3.67. The minimum atomic E-state index is 0.718. The lowest BCUT2D eigenvalue weighted by molar-refractivity contribution is 0.295. The van der Waals surface area contributed by atoms with E-state index in [0.717, 1.165) is 23.9 Å². The average Bonchev–Trinajstić information content (AvgIpc) is 2.87. The van der Waals surface area contributed by atoms with Crippen LogP contribution in [-0.4, -0.2) is 25.2 Å². The van der Waals surface area contributed by atoms with E-state index in [9.17, 15) is 0 Å². The lowest BCUT2D eigenvalue weighted by Crippen LogP contribution is -2.55. The van der Waals surface area contributed by atoms with Gasteiger partial charge >= 0.3 is 0 Å². The molecule has 2 unspecified atom stereocenters. The molecule has 0 amide bonds. The highest BCUT2D eigenvalue weighted by Crippen LogP contribution is 2.33. The Labute approximate surface area is 81.5 Å². The molecule has 1 saturated heterocycles. The smallest absolute Gasteiger partial charge is 0.0221 e. The highest BCUT2D eigenvalue weighted by atomic mass is 15.1. The Morgan fingerprint density at radius 1 is 1.15 bits per heavy atom. The van der Waals surface area contributed by atoms with Crippen molar-refractivity contribution in [3.8, 4) is 0 Å². The number of hydrogen-bond donors (Lipinski definition) is 2. The third-order valence-electron chi connectivity index (χ3n) is 3.20. The van der Waals surface area contributed by atoms with E-state index in [2.05, 4.69) is 24.5 Å². The normalized spacial score (nSPS) is 35.3. The molecule has 0 bridgehead atoms. The van der Waals surface area contributed by atoms with Crippen LogP contribution in [0.2, 0.25) is 0 Å². The minimum absolute atomic E-state index is 0.718. The van der Waals surface area contributed by atoms with Crippen LogP contribution in [0.25, 0.3) is 0 Å². The van der Waals surface area contributed by atoms with Crippen molar-refractivity contribution in [2.75, 3.05) is 13.1 Å². The second-order valence-electron chi connectivity index (χ2n) is 5.09. The SMILES string of the molecule is CC(C)CC1CNC(C2CC2)CN1. The molecule has 0 aromatic rings. The maximum Gasteiger partial charge on any atom is 0.0221 e. The topological polar surface area (TPSA) is 24.1 Å². The Morgan fingerprint density at radius 2 is 1.92 bits per heavy atom. The van der Waals surface area contributed by atoms with Crippen molar-refractivity contribution in [2.24, 2.45) is 11.8 Å². The van der Waals surface area contributed by atoms with Crippen LogP contribution in [0.4, 0.5) is 0 Å². The first-order valence-electron chi connectivity index (χ1n) is 5.72. The molecule has 13 heavy (non-hydrogen) atoms. The van der Waals surface area contributed by atoms with Crippen LogP contribution in [0.5, 0.6) is 0 Å². The maximum absolute atomic E-state index is 3.67. The largest absolute Gasteiger partial charge is 0.311 e. The van der Waals surface area contributed by atoms with Gasteiger partial charge in [-0.25, -0.2) is 0 Å². The van der Waals surface area contributed by atoms with Crippen LogP contribution in [-0.2, 0) is 0 Å². The van der Waals surface area contributed by atoms with Crippen LogP contribution >= 0.6 is 0 Å². The molecular weight excluding hydrogens is 160 g/mol. The number of nitrogens with one attached hydrogen (secondary N) is 2. The predicted octanol–water partition coefficient (Wildman–Crippen LogP) is 1.37. The molecule has 0 spiro atoms. The lowest BCUT2D eigenvalue weighted by atomic mass is 10.00. The summed E-state index contributed by atoms with van der Waals surface area (Å²) in [7, 11) is 0. The van der Waals surface area contributed by atoms with Crippen LogP contribution in [0.15, 0.2) is 0 Å². The molecule has 1 aliphatic heterocycles. The molecule has 2 nitrogen and oxygen atoms in total. The second-order valence-corrected chi connectivity index (χ2v) is 5.09. The monoisotopic (exact) mass is 182 g/mol.